The molecule has 1 atom stereocenters. The van der Waals surface area contributed by atoms with Crippen LogP contribution in [0.3, 0.4) is 0 Å². The molecule has 0 saturated heterocycles. The number of nitrogens with two attached hydrogens (primary N) is 1. The summed E-state index contributed by atoms with van der Waals surface area (Å²) < 4.78 is 52.9. The number of nitrogens with one attached hydrogen (secondary N) is 1. The van der Waals surface area contributed by atoms with Crippen molar-refractivity contribution < 1.29 is 17.6 Å². The number of hydrazine groups is 1. The molecule has 2 rings (SSSR count). The molecule has 7 heteroatoms. The normalized spacial score (nSPS) is 12.5. The standard InChI is InChI=1S/C13H9ClF4N2/c14-9-5-6(15)1-2-7(9)13(20-19)8-3-4-10(16)12(18)11(8)17/h1-5,13,20H,19H2. The Morgan fingerprint density at radius 2 is 1.60 bits per heavy atom. The highest BCUT2D eigenvalue weighted by molar-refractivity contribution is 6.31. The highest BCUT2D eigenvalue weighted by Crippen LogP contribution is 2.31. The molecule has 106 valence electrons. The third-order valence-corrected chi connectivity index (χ3v) is 3.14. The molecule has 0 radical (unpaired) electrons. The molecule has 2 nitrogen and oxygen atoms in total. The largest absolute Gasteiger partial charge is 0.271 e. The van der Waals surface area contributed by atoms with E-state index >= 15 is 0 Å². The van der Waals surface area contributed by atoms with Crippen LogP contribution in [0.1, 0.15) is 17.2 Å². The fourth-order valence-corrected chi connectivity index (χ4v) is 2.12. The van der Waals surface area contributed by atoms with Crippen molar-refractivity contribution >= 4 is 11.6 Å². The van der Waals surface area contributed by atoms with Gasteiger partial charge in [0.2, 0.25) is 0 Å². The maximum atomic E-state index is 13.8. The molecular formula is C13H9ClF4N2. The van der Waals surface area contributed by atoms with Gasteiger partial charge >= 0.3 is 0 Å². The molecule has 0 amide bonds. The van der Waals surface area contributed by atoms with E-state index < -0.39 is 29.3 Å². The Labute approximate surface area is 117 Å². The van der Waals surface area contributed by atoms with Gasteiger partial charge in [-0.3, -0.25) is 5.84 Å². The molecule has 0 heterocycles. The van der Waals surface area contributed by atoms with Gasteiger partial charge in [-0.15, -0.1) is 0 Å². The summed E-state index contributed by atoms with van der Waals surface area (Å²) in [7, 11) is 0. The topological polar surface area (TPSA) is 38.0 Å². The second-order valence-corrected chi connectivity index (χ2v) is 4.44. The minimum Gasteiger partial charge on any atom is -0.271 e. The van der Waals surface area contributed by atoms with Crippen molar-refractivity contribution in [2.24, 2.45) is 5.84 Å². The van der Waals surface area contributed by atoms with Crippen LogP contribution in [0.2, 0.25) is 5.02 Å². The van der Waals surface area contributed by atoms with Crippen LogP contribution in [0.15, 0.2) is 30.3 Å². The molecule has 1 unspecified atom stereocenters. The molecule has 0 fully saturated rings. The van der Waals surface area contributed by atoms with Crippen LogP contribution in [-0.4, -0.2) is 0 Å². The minimum absolute atomic E-state index is 0.0166. The van der Waals surface area contributed by atoms with E-state index in [0.29, 0.717) is 0 Å². The van der Waals surface area contributed by atoms with E-state index in [9.17, 15) is 17.6 Å². The highest BCUT2D eigenvalue weighted by atomic mass is 35.5. The summed E-state index contributed by atoms with van der Waals surface area (Å²) in [5, 5.41) is -0.0166. The number of hydrogen-bond acceptors (Lipinski definition) is 2. The zero-order valence-electron chi connectivity index (χ0n) is 9.93. The van der Waals surface area contributed by atoms with Gasteiger partial charge < -0.3 is 0 Å². The molecule has 0 bridgehead atoms. The van der Waals surface area contributed by atoms with E-state index in [2.05, 4.69) is 5.43 Å². The summed E-state index contributed by atoms with van der Waals surface area (Å²) in [6.07, 6.45) is 0. The zero-order chi connectivity index (χ0) is 14.9. The molecule has 2 aromatic rings. The Bertz CT molecular complexity index is 649. The maximum Gasteiger partial charge on any atom is 0.194 e. The maximum absolute atomic E-state index is 13.8. The number of hydrogen-bond donors (Lipinski definition) is 2. The Hall–Kier alpha value is -1.63. The number of benzene rings is 2. The summed E-state index contributed by atoms with van der Waals surface area (Å²) in [6, 6.07) is 4.16. The fraction of sp³-hybridized carbons (Fsp3) is 0.0769. The molecule has 20 heavy (non-hydrogen) atoms. The Balaban J connectivity index is 2.55. The van der Waals surface area contributed by atoms with Gasteiger partial charge in [0.1, 0.15) is 5.82 Å². The van der Waals surface area contributed by atoms with Gasteiger partial charge in [0.15, 0.2) is 17.5 Å². The first-order valence-electron chi connectivity index (χ1n) is 5.50. The van der Waals surface area contributed by atoms with Gasteiger partial charge in [-0.05, 0) is 23.8 Å². The third kappa shape index (κ3) is 2.63. The van der Waals surface area contributed by atoms with E-state index in [1.807, 2.05) is 0 Å². The average Bonchev–Trinajstić information content (AvgIpc) is 2.41. The summed E-state index contributed by atoms with van der Waals surface area (Å²) in [6.45, 7) is 0. The van der Waals surface area contributed by atoms with Crippen molar-refractivity contribution in [3.05, 3.63) is 69.8 Å². The van der Waals surface area contributed by atoms with Crippen LogP contribution >= 0.6 is 11.6 Å². The summed E-state index contributed by atoms with van der Waals surface area (Å²) in [5.41, 5.74) is 2.25. The molecule has 0 aliphatic rings. The van der Waals surface area contributed by atoms with E-state index in [0.717, 1.165) is 24.3 Å². The van der Waals surface area contributed by atoms with Crippen LogP contribution in [0.5, 0.6) is 0 Å². The lowest BCUT2D eigenvalue weighted by Crippen LogP contribution is -2.30. The first-order valence-corrected chi connectivity index (χ1v) is 5.88. The Kier molecular flexibility index (Phi) is 4.27. The van der Waals surface area contributed by atoms with Crippen molar-refractivity contribution in [3.63, 3.8) is 0 Å². The van der Waals surface area contributed by atoms with Crippen LogP contribution < -0.4 is 11.3 Å². The predicted molar refractivity (Wildman–Crippen MR) is 66.9 cm³/mol. The van der Waals surface area contributed by atoms with Crippen LogP contribution in [0.4, 0.5) is 17.6 Å². The lowest BCUT2D eigenvalue weighted by atomic mass is 9.98. The Morgan fingerprint density at radius 1 is 0.950 bits per heavy atom. The molecule has 3 N–H and O–H groups in total. The molecule has 0 spiro atoms. The monoisotopic (exact) mass is 304 g/mol. The lowest BCUT2D eigenvalue weighted by Gasteiger charge is -2.19. The number of rotatable bonds is 3. The van der Waals surface area contributed by atoms with Gasteiger partial charge in [-0.25, -0.2) is 23.0 Å². The van der Waals surface area contributed by atoms with Crippen LogP contribution in [0, 0.1) is 23.3 Å². The SMILES string of the molecule is NNC(c1ccc(F)cc1Cl)c1ccc(F)c(F)c1F. The van der Waals surface area contributed by atoms with Gasteiger partial charge in [0, 0.05) is 10.6 Å². The van der Waals surface area contributed by atoms with Crippen LogP contribution in [-0.2, 0) is 0 Å². The van der Waals surface area contributed by atoms with Gasteiger partial charge in [0.25, 0.3) is 0 Å². The van der Waals surface area contributed by atoms with Crippen molar-refractivity contribution in [1.29, 1.82) is 0 Å². The average molecular weight is 305 g/mol. The summed E-state index contributed by atoms with van der Waals surface area (Å²) in [5.74, 6) is 0.428. The van der Waals surface area contributed by atoms with E-state index in [4.69, 9.17) is 17.4 Å². The number of halogens is 5. The second kappa shape index (κ2) is 5.78. The third-order valence-electron chi connectivity index (χ3n) is 2.82. The predicted octanol–water partition coefficient (Wildman–Crippen LogP) is 3.45. The van der Waals surface area contributed by atoms with Gasteiger partial charge in [-0.1, -0.05) is 23.7 Å². The van der Waals surface area contributed by atoms with Crippen molar-refractivity contribution in [3.8, 4) is 0 Å². The Morgan fingerprint density at radius 3 is 2.20 bits per heavy atom. The molecule has 2 aromatic carbocycles. The zero-order valence-corrected chi connectivity index (χ0v) is 10.7. The van der Waals surface area contributed by atoms with Crippen LogP contribution in [0.25, 0.3) is 0 Å². The van der Waals surface area contributed by atoms with Crippen molar-refractivity contribution in [2.75, 3.05) is 0 Å². The summed E-state index contributed by atoms with van der Waals surface area (Å²) >= 11 is 5.85. The first-order chi connectivity index (χ1) is 9.45. The molecule has 0 aliphatic heterocycles. The van der Waals surface area contributed by atoms with Gasteiger partial charge in [0.05, 0.1) is 6.04 Å². The second-order valence-electron chi connectivity index (χ2n) is 4.03. The quantitative estimate of drug-likeness (QED) is 0.394. The van der Waals surface area contributed by atoms with Gasteiger partial charge in [-0.2, -0.15) is 0 Å². The molecule has 0 aromatic heterocycles. The minimum atomic E-state index is -1.61. The lowest BCUT2D eigenvalue weighted by molar-refractivity contribution is 0.433. The smallest absolute Gasteiger partial charge is 0.194 e. The van der Waals surface area contributed by atoms with Crippen molar-refractivity contribution in [2.45, 2.75) is 6.04 Å². The molecule has 0 aliphatic carbocycles. The molecular weight excluding hydrogens is 296 g/mol. The highest BCUT2D eigenvalue weighted by Gasteiger charge is 2.23. The van der Waals surface area contributed by atoms with E-state index in [-0.39, 0.29) is 16.1 Å². The van der Waals surface area contributed by atoms with Crippen molar-refractivity contribution in [1.82, 2.24) is 5.43 Å². The van der Waals surface area contributed by atoms with E-state index in [1.165, 1.54) is 6.07 Å². The van der Waals surface area contributed by atoms with E-state index in [1.54, 1.807) is 0 Å². The molecule has 0 saturated carbocycles. The summed E-state index contributed by atoms with van der Waals surface area (Å²) in [4.78, 5) is 0. The first kappa shape index (κ1) is 14.8. The fourth-order valence-electron chi connectivity index (χ4n) is 1.85.